The summed E-state index contributed by atoms with van der Waals surface area (Å²) in [7, 11) is 1.58. The number of nitrogens with one attached hydrogen (secondary N) is 1. The minimum atomic E-state index is -1.05. The SMILES string of the molecule is CCNC(C)(C(=O)O)c1ccc(OC)cc1. The van der Waals surface area contributed by atoms with Crippen LogP contribution in [0.1, 0.15) is 19.4 Å². The van der Waals surface area contributed by atoms with Gasteiger partial charge in [-0.05, 0) is 31.2 Å². The van der Waals surface area contributed by atoms with Gasteiger partial charge in [-0.3, -0.25) is 5.32 Å². The molecule has 0 heterocycles. The molecule has 0 radical (unpaired) electrons. The zero-order valence-electron chi connectivity index (χ0n) is 9.78. The van der Waals surface area contributed by atoms with Gasteiger partial charge in [0.05, 0.1) is 7.11 Å². The number of ether oxygens (including phenoxy) is 1. The second kappa shape index (κ2) is 4.99. The standard InChI is InChI=1S/C12H17NO3/c1-4-13-12(2,11(14)15)9-5-7-10(16-3)8-6-9/h5-8,13H,4H2,1-3H3,(H,14,15). The van der Waals surface area contributed by atoms with Gasteiger partial charge in [-0.15, -0.1) is 0 Å². The summed E-state index contributed by atoms with van der Waals surface area (Å²) in [5.74, 6) is -0.174. The van der Waals surface area contributed by atoms with Crippen LogP contribution < -0.4 is 10.1 Å². The molecule has 16 heavy (non-hydrogen) atoms. The lowest BCUT2D eigenvalue weighted by Crippen LogP contribution is -2.46. The number of carbonyl (C=O) groups is 1. The Labute approximate surface area is 95.2 Å². The molecule has 0 spiro atoms. The summed E-state index contributed by atoms with van der Waals surface area (Å²) in [6.45, 7) is 4.13. The average Bonchev–Trinajstić information content (AvgIpc) is 2.29. The molecule has 0 saturated heterocycles. The van der Waals surface area contributed by atoms with Crippen molar-refractivity contribution in [3.8, 4) is 5.75 Å². The maximum Gasteiger partial charge on any atom is 0.328 e. The number of likely N-dealkylation sites (N-methyl/N-ethyl adjacent to an activating group) is 1. The third-order valence-electron chi connectivity index (χ3n) is 2.63. The summed E-state index contributed by atoms with van der Waals surface area (Å²) < 4.78 is 5.03. The van der Waals surface area contributed by atoms with Gasteiger partial charge in [0, 0.05) is 0 Å². The molecule has 88 valence electrons. The Morgan fingerprint density at radius 3 is 2.38 bits per heavy atom. The van der Waals surface area contributed by atoms with Crippen LogP contribution in [-0.2, 0) is 10.3 Å². The maximum absolute atomic E-state index is 11.3. The Bertz CT molecular complexity index is 361. The van der Waals surface area contributed by atoms with Crippen LogP contribution in [0.5, 0.6) is 5.75 Å². The van der Waals surface area contributed by atoms with Gasteiger partial charge < -0.3 is 9.84 Å². The van der Waals surface area contributed by atoms with Gasteiger partial charge in [-0.25, -0.2) is 4.79 Å². The molecule has 0 aromatic heterocycles. The normalized spacial score (nSPS) is 14.2. The molecule has 0 fully saturated rings. The van der Waals surface area contributed by atoms with E-state index < -0.39 is 11.5 Å². The Kier molecular flexibility index (Phi) is 3.90. The lowest BCUT2D eigenvalue weighted by Gasteiger charge is -2.26. The Morgan fingerprint density at radius 1 is 1.44 bits per heavy atom. The van der Waals surface area contributed by atoms with Gasteiger partial charge in [0.25, 0.3) is 0 Å². The number of hydrogen-bond acceptors (Lipinski definition) is 3. The van der Waals surface area contributed by atoms with E-state index in [1.54, 1.807) is 38.3 Å². The molecule has 0 amide bonds. The van der Waals surface area contributed by atoms with Gasteiger partial charge in [0.1, 0.15) is 11.3 Å². The predicted octanol–water partition coefficient (Wildman–Crippen LogP) is 1.60. The summed E-state index contributed by atoms with van der Waals surface area (Å²) in [6, 6.07) is 7.03. The van der Waals surface area contributed by atoms with Crippen molar-refractivity contribution in [2.45, 2.75) is 19.4 Å². The minimum Gasteiger partial charge on any atom is -0.497 e. The third-order valence-corrected chi connectivity index (χ3v) is 2.63. The van der Waals surface area contributed by atoms with E-state index in [0.29, 0.717) is 17.9 Å². The summed E-state index contributed by atoms with van der Waals surface area (Å²) in [6.07, 6.45) is 0. The van der Waals surface area contributed by atoms with Gasteiger partial charge in [-0.1, -0.05) is 19.1 Å². The molecule has 0 aliphatic carbocycles. The first-order valence-corrected chi connectivity index (χ1v) is 5.17. The Morgan fingerprint density at radius 2 is 2.00 bits per heavy atom. The van der Waals surface area contributed by atoms with Gasteiger partial charge >= 0.3 is 5.97 Å². The van der Waals surface area contributed by atoms with Crippen molar-refractivity contribution >= 4 is 5.97 Å². The molecule has 1 aromatic rings. The van der Waals surface area contributed by atoms with E-state index in [1.165, 1.54) is 0 Å². The summed E-state index contributed by atoms with van der Waals surface area (Å²) >= 11 is 0. The quantitative estimate of drug-likeness (QED) is 0.796. The number of carboxylic acids is 1. The van der Waals surface area contributed by atoms with Crippen LogP contribution in [0.4, 0.5) is 0 Å². The van der Waals surface area contributed by atoms with E-state index in [1.807, 2.05) is 6.92 Å². The van der Waals surface area contributed by atoms with E-state index in [4.69, 9.17) is 4.74 Å². The van der Waals surface area contributed by atoms with Crippen molar-refractivity contribution in [1.29, 1.82) is 0 Å². The largest absolute Gasteiger partial charge is 0.497 e. The number of aliphatic carboxylic acids is 1. The fourth-order valence-corrected chi connectivity index (χ4v) is 1.58. The van der Waals surface area contributed by atoms with E-state index in [2.05, 4.69) is 5.32 Å². The summed E-state index contributed by atoms with van der Waals surface area (Å²) in [5, 5.41) is 12.2. The lowest BCUT2D eigenvalue weighted by atomic mass is 9.92. The maximum atomic E-state index is 11.3. The number of rotatable bonds is 5. The second-order valence-corrected chi connectivity index (χ2v) is 3.69. The van der Waals surface area contributed by atoms with Crippen molar-refractivity contribution in [2.75, 3.05) is 13.7 Å². The van der Waals surface area contributed by atoms with Crippen LogP contribution in [-0.4, -0.2) is 24.7 Å². The van der Waals surface area contributed by atoms with Crippen LogP contribution in [0, 0.1) is 0 Å². The molecule has 2 N–H and O–H groups in total. The molecule has 0 bridgehead atoms. The van der Waals surface area contributed by atoms with Crippen molar-refractivity contribution in [2.24, 2.45) is 0 Å². The molecule has 4 nitrogen and oxygen atoms in total. The van der Waals surface area contributed by atoms with Gasteiger partial charge in [-0.2, -0.15) is 0 Å². The fourth-order valence-electron chi connectivity index (χ4n) is 1.58. The fraction of sp³-hybridized carbons (Fsp3) is 0.417. The van der Waals surface area contributed by atoms with E-state index in [-0.39, 0.29) is 0 Å². The first kappa shape index (κ1) is 12.5. The molecule has 1 unspecified atom stereocenters. The van der Waals surface area contributed by atoms with E-state index in [0.717, 1.165) is 0 Å². The zero-order valence-corrected chi connectivity index (χ0v) is 9.78. The number of carboxylic acid groups (broad SMARTS) is 1. The highest BCUT2D eigenvalue weighted by molar-refractivity contribution is 5.80. The Balaban J connectivity index is 3.06. The highest BCUT2D eigenvalue weighted by atomic mass is 16.5. The third kappa shape index (κ3) is 2.33. The van der Waals surface area contributed by atoms with Crippen molar-refractivity contribution < 1.29 is 14.6 Å². The molecule has 0 saturated carbocycles. The smallest absolute Gasteiger partial charge is 0.328 e. The highest BCUT2D eigenvalue weighted by Gasteiger charge is 2.33. The molecule has 0 aliphatic heterocycles. The first-order valence-electron chi connectivity index (χ1n) is 5.17. The zero-order chi connectivity index (χ0) is 12.2. The molecular formula is C12H17NO3. The van der Waals surface area contributed by atoms with Gasteiger partial charge in [0.15, 0.2) is 0 Å². The van der Waals surface area contributed by atoms with Crippen LogP contribution in [0.3, 0.4) is 0 Å². The van der Waals surface area contributed by atoms with Crippen molar-refractivity contribution in [1.82, 2.24) is 5.32 Å². The number of methoxy groups -OCH3 is 1. The van der Waals surface area contributed by atoms with Crippen LogP contribution in [0.25, 0.3) is 0 Å². The van der Waals surface area contributed by atoms with E-state index in [9.17, 15) is 9.90 Å². The Hall–Kier alpha value is -1.55. The molecule has 0 aliphatic rings. The second-order valence-electron chi connectivity index (χ2n) is 3.69. The summed E-state index contributed by atoms with van der Waals surface area (Å²) in [4.78, 5) is 11.3. The van der Waals surface area contributed by atoms with Crippen molar-refractivity contribution in [3.63, 3.8) is 0 Å². The number of benzene rings is 1. The van der Waals surface area contributed by atoms with Crippen LogP contribution in [0.2, 0.25) is 0 Å². The molecular weight excluding hydrogens is 206 g/mol. The minimum absolute atomic E-state index is 0.592. The molecule has 1 rings (SSSR count). The van der Waals surface area contributed by atoms with E-state index >= 15 is 0 Å². The molecule has 1 aromatic carbocycles. The predicted molar refractivity (Wildman–Crippen MR) is 61.7 cm³/mol. The van der Waals surface area contributed by atoms with Gasteiger partial charge in [0.2, 0.25) is 0 Å². The number of hydrogen-bond donors (Lipinski definition) is 2. The topological polar surface area (TPSA) is 58.6 Å². The lowest BCUT2D eigenvalue weighted by molar-refractivity contribution is -0.144. The van der Waals surface area contributed by atoms with Crippen LogP contribution in [0.15, 0.2) is 24.3 Å². The van der Waals surface area contributed by atoms with Crippen molar-refractivity contribution in [3.05, 3.63) is 29.8 Å². The molecule has 4 heteroatoms. The van der Waals surface area contributed by atoms with Crippen LogP contribution >= 0.6 is 0 Å². The first-order chi connectivity index (χ1) is 7.54. The average molecular weight is 223 g/mol. The summed E-state index contributed by atoms with van der Waals surface area (Å²) in [5.41, 5.74) is -0.344. The monoisotopic (exact) mass is 223 g/mol. The molecule has 1 atom stereocenters. The highest BCUT2D eigenvalue weighted by Crippen LogP contribution is 2.23.